The summed E-state index contributed by atoms with van der Waals surface area (Å²) in [4.78, 5) is 0. The number of benzene rings is 1. The smallest absolute Gasteiger partial charge is 0.124 e. The molecule has 0 aromatic heterocycles. The molecule has 1 rings (SSSR count). The second-order valence-corrected chi connectivity index (χ2v) is 7.22. The predicted octanol–water partition coefficient (Wildman–Crippen LogP) is 4.17. The van der Waals surface area contributed by atoms with Crippen LogP contribution in [0.2, 0.25) is 0 Å². The summed E-state index contributed by atoms with van der Waals surface area (Å²) in [5.41, 5.74) is 8.81. The lowest BCUT2D eigenvalue weighted by atomic mass is 9.78. The van der Waals surface area contributed by atoms with E-state index in [1.165, 1.54) is 5.56 Å². The van der Waals surface area contributed by atoms with Crippen molar-refractivity contribution in [2.75, 3.05) is 0 Å². The van der Waals surface area contributed by atoms with Gasteiger partial charge in [0.2, 0.25) is 0 Å². The van der Waals surface area contributed by atoms with Gasteiger partial charge in [-0.2, -0.15) is 0 Å². The number of phenolic OH excluding ortho intramolecular Hbond substituents is 1. The zero-order chi connectivity index (χ0) is 15.0. The molecule has 0 unspecified atom stereocenters. The molecule has 1 aromatic carbocycles. The Labute approximate surface area is 117 Å². The highest BCUT2D eigenvalue weighted by molar-refractivity contribution is 5.50. The number of phenols is 1. The van der Waals surface area contributed by atoms with Crippen molar-refractivity contribution in [1.82, 2.24) is 0 Å². The predicted molar refractivity (Wildman–Crippen MR) is 82.6 cm³/mol. The summed E-state index contributed by atoms with van der Waals surface area (Å²) in [6.07, 6.45) is 1.66. The normalized spacial score (nSPS) is 14.3. The lowest BCUT2D eigenvalue weighted by Crippen LogP contribution is -2.19. The van der Waals surface area contributed by atoms with E-state index in [1.54, 1.807) is 6.08 Å². The maximum Gasteiger partial charge on any atom is 0.124 e. The Morgan fingerprint density at radius 2 is 1.63 bits per heavy atom. The van der Waals surface area contributed by atoms with Gasteiger partial charge in [0.05, 0.1) is 6.04 Å². The Morgan fingerprint density at radius 1 is 1.11 bits per heavy atom. The molecule has 0 amide bonds. The van der Waals surface area contributed by atoms with Gasteiger partial charge in [-0.25, -0.2) is 0 Å². The van der Waals surface area contributed by atoms with Gasteiger partial charge in [-0.05, 0) is 28.0 Å². The van der Waals surface area contributed by atoms with Crippen molar-refractivity contribution in [1.29, 1.82) is 0 Å². The largest absolute Gasteiger partial charge is 0.507 e. The molecule has 1 atom stereocenters. The van der Waals surface area contributed by atoms with Crippen LogP contribution in [0.1, 0.15) is 64.3 Å². The van der Waals surface area contributed by atoms with E-state index in [1.807, 2.05) is 6.07 Å². The molecule has 0 heterocycles. The maximum atomic E-state index is 10.5. The Morgan fingerprint density at radius 3 is 2.00 bits per heavy atom. The Hall–Kier alpha value is -1.28. The van der Waals surface area contributed by atoms with Crippen LogP contribution in [0.25, 0.3) is 0 Å². The first-order valence-corrected chi connectivity index (χ1v) is 6.74. The molecule has 2 nitrogen and oxygen atoms in total. The van der Waals surface area contributed by atoms with Crippen LogP contribution >= 0.6 is 0 Å². The standard InChI is InChI=1S/C17H27NO/c1-8-14(18)12-9-11(16(2,3)4)10-13(15(12)19)17(5,6)7/h8-10,14,19H,1,18H2,2-7H3/t14-/m1/s1. The minimum atomic E-state index is -0.344. The van der Waals surface area contributed by atoms with Gasteiger partial charge in [-0.3, -0.25) is 0 Å². The van der Waals surface area contributed by atoms with Crippen molar-refractivity contribution in [3.63, 3.8) is 0 Å². The highest BCUT2D eigenvalue weighted by Crippen LogP contribution is 2.39. The Balaban J connectivity index is 3.61. The second-order valence-electron chi connectivity index (χ2n) is 7.22. The summed E-state index contributed by atoms with van der Waals surface area (Å²) in [5.74, 6) is 0.299. The van der Waals surface area contributed by atoms with Gasteiger partial charge >= 0.3 is 0 Å². The van der Waals surface area contributed by atoms with Crippen molar-refractivity contribution >= 4 is 0 Å². The molecule has 1 aromatic rings. The SMILES string of the molecule is C=C[C@@H](N)c1cc(C(C)(C)C)cc(C(C)(C)C)c1O. The van der Waals surface area contributed by atoms with Crippen LogP contribution in [0.4, 0.5) is 0 Å². The van der Waals surface area contributed by atoms with Crippen molar-refractivity contribution in [3.05, 3.63) is 41.5 Å². The molecule has 0 bridgehead atoms. The lowest BCUT2D eigenvalue weighted by molar-refractivity contribution is 0.436. The van der Waals surface area contributed by atoms with E-state index in [9.17, 15) is 5.11 Å². The zero-order valence-electron chi connectivity index (χ0n) is 13.0. The Kier molecular flexibility index (Phi) is 4.16. The molecular weight excluding hydrogens is 234 g/mol. The fourth-order valence-electron chi connectivity index (χ4n) is 2.04. The van der Waals surface area contributed by atoms with E-state index in [2.05, 4.69) is 54.2 Å². The molecule has 3 N–H and O–H groups in total. The topological polar surface area (TPSA) is 46.2 Å². The van der Waals surface area contributed by atoms with Gasteiger partial charge < -0.3 is 10.8 Å². The average molecular weight is 261 g/mol. The third kappa shape index (κ3) is 3.38. The summed E-state index contributed by atoms with van der Waals surface area (Å²) in [7, 11) is 0. The van der Waals surface area contributed by atoms with Gasteiger partial charge in [0.15, 0.2) is 0 Å². The van der Waals surface area contributed by atoms with Crippen molar-refractivity contribution in [2.45, 2.75) is 58.4 Å². The molecule has 19 heavy (non-hydrogen) atoms. The fraction of sp³-hybridized carbons (Fsp3) is 0.529. The van der Waals surface area contributed by atoms with Gasteiger partial charge in [-0.15, -0.1) is 6.58 Å². The minimum absolute atomic E-state index is 0.0172. The molecule has 0 fully saturated rings. The average Bonchev–Trinajstić information content (AvgIpc) is 2.25. The summed E-state index contributed by atoms with van der Waals surface area (Å²) in [6.45, 7) is 16.5. The van der Waals surface area contributed by atoms with Crippen LogP contribution < -0.4 is 5.73 Å². The van der Waals surface area contributed by atoms with Crippen LogP contribution in [-0.4, -0.2) is 5.11 Å². The molecule has 2 heteroatoms. The molecular formula is C17H27NO. The summed E-state index contributed by atoms with van der Waals surface area (Å²) < 4.78 is 0. The first kappa shape index (κ1) is 15.8. The van der Waals surface area contributed by atoms with E-state index >= 15 is 0 Å². The quantitative estimate of drug-likeness (QED) is 0.785. The molecule has 106 valence electrons. The number of hydrogen-bond acceptors (Lipinski definition) is 2. The zero-order valence-corrected chi connectivity index (χ0v) is 13.0. The monoisotopic (exact) mass is 261 g/mol. The first-order chi connectivity index (χ1) is 8.48. The van der Waals surface area contributed by atoms with Crippen molar-refractivity contribution in [2.24, 2.45) is 5.73 Å². The van der Waals surface area contributed by atoms with E-state index in [4.69, 9.17) is 5.73 Å². The first-order valence-electron chi connectivity index (χ1n) is 6.74. The van der Waals surface area contributed by atoms with Gasteiger partial charge in [0, 0.05) is 5.56 Å². The van der Waals surface area contributed by atoms with E-state index in [0.29, 0.717) is 5.75 Å². The van der Waals surface area contributed by atoms with Gasteiger partial charge in [-0.1, -0.05) is 53.7 Å². The minimum Gasteiger partial charge on any atom is -0.507 e. The van der Waals surface area contributed by atoms with Crippen LogP contribution in [0, 0.1) is 0 Å². The maximum absolute atomic E-state index is 10.5. The second kappa shape index (κ2) is 5.01. The van der Waals surface area contributed by atoms with Crippen LogP contribution in [0.15, 0.2) is 24.8 Å². The number of hydrogen-bond donors (Lipinski definition) is 2. The van der Waals surface area contributed by atoms with Gasteiger partial charge in [0.25, 0.3) is 0 Å². The lowest BCUT2D eigenvalue weighted by Gasteiger charge is -2.28. The van der Waals surface area contributed by atoms with Crippen LogP contribution in [0.5, 0.6) is 5.75 Å². The van der Waals surface area contributed by atoms with E-state index in [-0.39, 0.29) is 16.9 Å². The number of aromatic hydroxyl groups is 1. The molecule has 0 saturated carbocycles. The Bertz CT molecular complexity index is 475. The molecule has 0 saturated heterocycles. The number of rotatable bonds is 2. The summed E-state index contributed by atoms with van der Waals surface area (Å²) in [5, 5.41) is 10.5. The van der Waals surface area contributed by atoms with Crippen molar-refractivity contribution < 1.29 is 5.11 Å². The number of nitrogens with two attached hydrogens (primary N) is 1. The highest BCUT2D eigenvalue weighted by Gasteiger charge is 2.25. The summed E-state index contributed by atoms with van der Waals surface area (Å²) in [6, 6.07) is 3.74. The van der Waals surface area contributed by atoms with Crippen molar-refractivity contribution in [3.8, 4) is 5.75 Å². The molecule has 0 aliphatic rings. The molecule has 0 radical (unpaired) electrons. The summed E-state index contributed by atoms with van der Waals surface area (Å²) >= 11 is 0. The third-order valence-electron chi connectivity index (χ3n) is 3.43. The fourth-order valence-corrected chi connectivity index (χ4v) is 2.04. The molecule has 0 spiro atoms. The van der Waals surface area contributed by atoms with Crippen LogP contribution in [0.3, 0.4) is 0 Å². The van der Waals surface area contributed by atoms with E-state index < -0.39 is 0 Å². The van der Waals surface area contributed by atoms with Crippen LogP contribution in [-0.2, 0) is 10.8 Å². The van der Waals surface area contributed by atoms with Gasteiger partial charge in [0.1, 0.15) is 5.75 Å². The van der Waals surface area contributed by atoms with E-state index in [0.717, 1.165) is 11.1 Å². The third-order valence-corrected chi connectivity index (χ3v) is 3.43. The molecule has 0 aliphatic carbocycles. The molecule has 0 aliphatic heterocycles. The highest BCUT2D eigenvalue weighted by atomic mass is 16.3.